The molecule has 0 saturated heterocycles. The van der Waals surface area contributed by atoms with E-state index in [0.717, 1.165) is 28.1 Å². The van der Waals surface area contributed by atoms with E-state index < -0.39 is 0 Å². The van der Waals surface area contributed by atoms with Crippen LogP contribution in [0.25, 0.3) is 17.0 Å². The molecular formula is C20H18FN5OS. The summed E-state index contributed by atoms with van der Waals surface area (Å²) in [6.45, 7) is 6.03. The summed E-state index contributed by atoms with van der Waals surface area (Å²) in [6, 6.07) is 12.3. The zero-order chi connectivity index (χ0) is 19.7. The Morgan fingerprint density at radius 1 is 1.07 bits per heavy atom. The summed E-state index contributed by atoms with van der Waals surface area (Å²) in [5.41, 5.74) is 5.76. The number of benzene rings is 2. The van der Waals surface area contributed by atoms with Crippen molar-refractivity contribution in [3.63, 3.8) is 0 Å². The minimum absolute atomic E-state index is 0.282. The SMILES string of the molecule is Cc1ccc(-n2nnnc2SCc2noc(-c3ccc(F)cc3)c2C)c(C)c1. The molecule has 142 valence electrons. The smallest absolute Gasteiger partial charge is 0.214 e. The topological polar surface area (TPSA) is 69.6 Å². The number of aryl methyl sites for hydroxylation is 2. The highest BCUT2D eigenvalue weighted by molar-refractivity contribution is 7.98. The molecule has 28 heavy (non-hydrogen) atoms. The van der Waals surface area contributed by atoms with Crippen LogP contribution in [0.4, 0.5) is 4.39 Å². The molecule has 6 nitrogen and oxygen atoms in total. The summed E-state index contributed by atoms with van der Waals surface area (Å²) in [6.07, 6.45) is 0. The van der Waals surface area contributed by atoms with Crippen LogP contribution in [0.5, 0.6) is 0 Å². The first-order valence-electron chi connectivity index (χ1n) is 8.73. The fourth-order valence-electron chi connectivity index (χ4n) is 2.97. The molecule has 0 spiro atoms. The first-order valence-corrected chi connectivity index (χ1v) is 9.71. The molecule has 4 aromatic rings. The van der Waals surface area contributed by atoms with E-state index in [9.17, 15) is 4.39 Å². The zero-order valence-electron chi connectivity index (χ0n) is 15.7. The molecule has 0 unspecified atom stereocenters. The summed E-state index contributed by atoms with van der Waals surface area (Å²) in [7, 11) is 0. The van der Waals surface area contributed by atoms with Crippen molar-refractivity contribution in [3.8, 4) is 17.0 Å². The number of hydrogen-bond donors (Lipinski definition) is 0. The predicted molar refractivity (Wildman–Crippen MR) is 105 cm³/mol. The average Bonchev–Trinajstić information content (AvgIpc) is 3.27. The van der Waals surface area contributed by atoms with Crippen LogP contribution in [0.3, 0.4) is 0 Å². The normalized spacial score (nSPS) is 11.1. The van der Waals surface area contributed by atoms with Gasteiger partial charge in [-0.25, -0.2) is 4.39 Å². The molecule has 0 aliphatic rings. The molecule has 0 bridgehead atoms. The summed E-state index contributed by atoms with van der Waals surface area (Å²) in [5.74, 6) is 0.918. The Hall–Kier alpha value is -3.00. The van der Waals surface area contributed by atoms with Gasteiger partial charge in [0.1, 0.15) is 5.82 Å². The molecule has 4 rings (SSSR count). The highest BCUT2D eigenvalue weighted by atomic mass is 32.2. The van der Waals surface area contributed by atoms with Gasteiger partial charge in [-0.2, -0.15) is 4.68 Å². The van der Waals surface area contributed by atoms with Gasteiger partial charge < -0.3 is 4.52 Å². The summed E-state index contributed by atoms with van der Waals surface area (Å²) in [4.78, 5) is 0. The lowest BCUT2D eigenvalue weighted by molar-refractivity contribution is 0.426. The largest absolute Gasteiger partial charge is 0.356 e. The molecular weight excluding hydrogens is 377 g/mol. The molecule has 2 aromatic carbocycles. The van der Waals surface area contributed by atoms with E-state index in [1.165, 1.54) is 29.5 Å². The van der Waals surface area contributed by atoms with Gasteiger partial charge in [-0.05, 0) is 67.1 Å². The molecule has 0 amide bonds. The van der Waals surface area contributed by atoms with Gasteiger partial charge in [0.2, 0.25) is 5.16 Å². The summed E-state index contributed by atoms with van der Waals surface area (Å²) < 4.78 is 20.4. The van der Waals surface area contributed by atoms with Gasteiger partial charge in [-0.3, -0.25) is 0 Å². The molecule has 2 heterocycles. The summed E-state index contributed by atoms with van der Waals surface area (Å²) in [5, 5.41) is 16.9. The van der Waals surface area contributed by atoms with Crippen LogP contribution >= 0.6 is 11.8 Å². The number of rotatable bonds is 5. The minimum atomic E-state index is -0.282. The Morgan fingerprint density at radius 2 is 1.86 bits per heavy atom. The van der Waals surface area contributed by atoms with Crippen molar-refractivity contribution in [3.05, 3.63) is 70.7 Å². The Bertz CT molecular complexity index is 1120. The predicted octanol–water partition coefficient (Wildman–Crippen LogP) is 4.67. The van der Waals surface area contributed by atoms with Gasteiger partial charge in [0.15, 0.2) is 5.76 Å². The molecule has 8 heteroatoms. The standard InChI is InChI=1S/C20H18FN5OS/c1-12-4-9-18(13(2)10-12)26-20(22-24-25-26)28-11-17-14(3)19(27-23-17)15-5-7-16(21)8-6-15/h4-10H,11H2,1-3H3. The Balaban J connectivity index is 1.55. The third-order valence-electron chi connectivity index (χ3n) is 4.49. The maximum absolute atomic E-state index is 13.1. The van der Waals surface area contributed by atoms with E-state index in [2.05, 4.69) is 33.7 Å². The van der Waals surface area contributed by atoms with Crippen LogP contribution in [-0.4, -0.2) is 25.4 Å². The van der Waals surface area contributed by atoms with E-state index in [0.29, 0.717) is 16.7 Å². The van der Waals surface area contributed by atoms with Crippen LogP contribution in [0, 0.1) is 26.6 Å². The number of nitrogens with zero attached hydrogens (tertiary/aromatic N) is 5. The van der Waals surface area contributed by atoms with Crippen molar-refractivity contribution in [2.45, 2.75) is 31.7 Å². The van der Waals surface area contributed by atoms with Gasteiger partial charge >= 0.3 is 0 Å². The van der Waals surface area contributed by atoms with Crippen molar-refractivity contribution in [1.29, 1.82) is 0 Å². The van der Waals surface area contributed by atoms with Crippen molar-refractivity contribution >= 4 is 11.8 Å². The maximum atomic E-state index is 13.1. The molecule has 0 fully saturated rings. The number of thioether (sulfide) groups is 1. The van der Waals surface area contributed by atoms with Crippen LogP contribution in [0.1, 0.15) is 22.4 Å². The van der Waals surface area contributed by atoms with Gasteiger partial charge in [-0.1, -0.05) is 34.6 Å². The highest BCUT2D eigenvalue weighted by Gasteiger charge is 2.17. The first kappa shape index (κ1) is 18.4. The summed E-state index contributed by atoms with van der Waals surface area (Å²) >= 11 is 1.48. The second kappa shape index (κ2) is 7.55. The number of tetrazole rings is 1. The quantitative estimate of drug-likeness (QED) is 0.457. The van der Waals surface area contributed by atoms with Gasteiger partial charge in [0, 0.05) is 16.9 Å². The average molecular weight is 395 g/mol. The van der Waals surface area contributed by atoms with Gasteiger partial charge in [0.05, 0.1) is 11.4 Å². The first-order chi connectivity index (χ1) is 13.5. The van der Waals surface area contributed by atoms with E-state index in [1.807, 2.05) is 26.0 Å². The van der Waals surface area contributed by atoms with Crippen LogP contribution in [0.2, 0.25) is 0 Å². The lowest BCUT2D eigenvalue weighted by Gasteiger charge is -2.08. The Morgan fingerprint density at radius 3 is 2.61 bits per heavy atom. The molecule has 2 aromatic heterocycles. The fraction of sp³-hybridized carbons (Fsp3) is 0.200. The lowest BCUT2D eigenvalue weighted by Crippen LogP contribution is -2.02. The second-order valence-corrected chi connectivity index (χ2v) is 7.48. The van der Waals surface area contributed by atoms with Gasteiger partial charge in [-0.15, -0.1) is 5.10 Å². The fourth-order valence-corrected chi connectivity index (χ4v) is 3.86. The molecule has 0 saturated carbocycles. The van der Waals surface area contributed by atoms with Crippen molar-refractivity contribution in [1.82, 2.24) is 25.4 Å². The molecule has 0 N–H and O–H groups in total. The van der Waals surface area contributed by atoms with E-state index in [-0.39, 0.29) is 5.82 Å². The minimum Gasteiger partial charge on any atom is -0.356 e. The molecule has 0 radical (unpaired) electrons. The van der Waals surface area contributed by atoms with Crippen LogP contribution in [-0.2, 0) is 5.75 Å². The molecule has 0 atom stereocenters. The Kier molecular flexibility index (Phi) is 4.95. The monoisotopic (exact) mass is 395 g/mol. The van der Waals surface area contributed by atoms with E-state index in [4.69, 9.17) is 4.52 Å². The zero-order valence-corrected chi connectivity index (χ0v) is 16.5. The second-order valence-electron chi connectivity index (χ2n) is 6.54. The number of halogens is 1. The number of aromatic nitrogens is 5. The van der Waals surface area contributed by atoms with E-state index >= 15 is 0 Å². The van der Waals surface area contributed by atoms with E-state index in [1.54, 1.807) is 16.8 Å². The lowest BCUT2D eigenvalue weighted by atomic mass is 10.1. The molecule has 0 aliphatic heterocycles. The maximum Gasteiger partial charge on any atom is 0.214 e. The highest BCUT2D eigenvalue weighted by Crippen LogP contribution is 2.30. The van der Waals surface area contributed by atoms with Crippen molar-refractivity contribution in [2.24, 2.45) is 0 Å². The van der Waals surface area contributed by atoms with Crippen molar-refractivity contribution < 1.29 is 8.91 Å². The van der Waals surface area contributed by atoms with Crippen LogP contribution < -0.4 is 0 Å². The molecule has 0 aliphatic carbocycles. The van der Waals surface area contributed by atoms with Gasteiger partial charge in [0.25, 0.3) is 0 Å². The van der Waals surface area contributed by atoms with Crippen LogP contribution in [0.15, 0.2) is 52.1 Å². The Labute approximate surface area is 165 Å². The number of hydrogen-bond acceptors (Lipinski definition) is 6. The van der Waals surface area contributed by atoms with Crippen molar-refractivity contribution in [2.75, 3.05) is 0 Å². The third kappa shape index (κ3) is 3.55. The third-order valence-corrected chi connectivity index (χ3v) is 5.42.